The molecule has 4 nitrogen and oxygen atoms in total. The standard InChI is InChI=1S/C23H26ClN3O/c1-14(2)10-20-17-7-5-9-19-22(17)16(13-25-19)11-21(27-20)23(28)26-12-15-6-3-4-8-18(15)24/h3-9,13-14,20-21,25,27H,10-12H2,1-2H3,(H,26,28)/t20-,21-/m0/s1. The van der Waals surface area contributed by atoms with Gasteiger partial charge in [-0.25, -0.2) is 0 Å². The topological polar surface area (TPSA) is 56.9 Å². The van der Waals surface area contributed by atoms with E-state index >= 15 is 0 Å². The van der Waals surface area contributed by atoms with Crippen LogP contribution in [-0.4, -0.2) is 16.9 Å². The molecule has 0 spiro atoms. The Kier molecular flexibility index (Phi) is 5.42. The monoisotopic (exact) mass is 395 g/mol. The molecule has 0 fully saturated rings. The first-order valence-corrected chi connectivity index (χ1v) is 10.3. The SMILES string of the molecule is CC(C)C[C@@H]1N[C@H](C(=O)NCc2ccccc2Cl)Cc2c[nH]c3cccc1c23. The quantitative estimate of drug-likeness (QED) is 0.584. The first-order valence-electron chi connectivity index (χ1n) is 9.89. The average molecular weight is 396 g/mol. The largest absolute Gasteiger partial charge is 0.361 e. The van der Waals surface area contributed by atoms with E-state index in [9.17, 15) is 4.79 Å². The lowest BCUT2D eigenvalue weighted by molar-refractivity contribution is -0.123. The van der Waals surface area contributed by atoms with Gasteiger partial charge in [0.1, 0.15) is 0 Å². The van der Waals surface area contributed by atoms with Gasteiger partial charge < -0.3 is 10.3 Å². The van der Waals surface area contributed by atoms with Crippen LogP contribution in [-0.2, 0) is 17.8 Å². The van der Waals surface area contributed by atoms with Crippen LogP contribution in [0.4, 0.5) is 0 Å². The lowest BCUT2D eigenvalue weighted by Gasteiger charge is -2.25. The van der Waals surface area contributed by atoms with Gasteiger partial charge in [-0.2, -0.15) is 0 Å². The van der Waals surface area contributed by atoms with Crippen molar-refractivity contribution in [2.24, 2.45) is 5.92 Å². The van der Waals surface area contributed by atoms with Crippen molar-refractivity contribution in [3.8, 4) is 0 Å². The van der Waals surface area contributed by atoms with Gasteiger partial charge >= 0.3 is 0 Å². The Hall–Kier alpha value is -2.30. The van der Waals surface area contributed by atoms with Gasteiger partial charge in [-0.05, 0) is 47.6 Å². The van der Waals surface area contributed by atoms with Crippen LogP contribution >= 0.6 is 11.6 Å². The Bertz CT molecular complexity index is 994. The third-order valence-corrected chi connectivity index (χ3v) is 5.82. The molecule has 28 heavy (non-hydrogen) atoms. The van der Waals surface area contributed by atoms with E-state index in [2.05, 4.69) is 47.7 Å². The van der Waals surface area contributed by atoms with Crippen LogP contribution in [0.15, 0.2) is 48.7 Å². The fourth-order valence-electron chi connectivity index (χ4n) is 4.13. The van der Waals surface area contributed by atoms with Crippen LogP contribution in [0.3, 0.4) is 0 Å². The molecule has 0 saturated carbocycles. The number of rotatable bonds is 5. The summed E-state index contributed by atoms with van der Waals surface area (Å²) in [6, 6.07) is 13.9. The maximum atomic E-state index is 13.0. The first-order chi connectivity index (χ1) is 13.5. The highest BCUT2D eigenvalue weighted by atomic mass is 35.5. The Labute approximate surface area is 170 Å². The molecular formula is C23H26ClN3O. The third kappa shape index (κ3) is 3.80. The van der Waals surface area contributed by atoms with Crippen molar-refractivity contribution in [2.75, 3.05) is 0 Å². The van der Waals surface area contributed by atoms with Gasteiger partial charge in [0.05, 0.1) is 6.04 Å². The number of nitrogens with one attached hydrogen (secondary N) is 3. The molecule has 146 valence electrons. The predicted molar refractivity (Wildman–Crippen MR) is 114 cm³/mol. The van der Waals surface area contributed by atoms with Gasteiger partial charge in [-0.15, -0.1) is 0 Å². The highest BCUT2D eigenvalue weighted by molar-refractivity contribution is 6.31. The molecule has 0 aliphatic carbocycles. The second kappa shape index (κ2) is 7.98. The fraction of sp³-hybridized carbons (Fsp3) is 0.348. The molecule has 3 aromatic rings. The Balaban J connectivity index is 1.58. The van der Waals surface area contributed by atoms with E-state index < -0.39 is 0 Å². The van der Waals surface area contributed by atoms with Gasteiger partial charge in [0, 0.05) is 34.7 Å². The molecule has 2 atom stereocenters. The van der Waals surface area contributed by atoms with Crippen LogP contribution in [0.2, 0.25) is 5.02 Å². The molecule has 4 rings (SSSR count). The van der Waals surface area contributed by atoms with E-state index in [1.807, 2.05) is 30.5 Å². The number of carbonyl (C=O) groups excluding carboxylic acids is 1. The molecule has 0 radical (unpaired) electrons. The summed E-state index contributed by atoms with van der Waals surface area (Å²) in [5, 5.41) is 8.64. The number of benzene rings is 2. The highest BCUT2D eigenvalue weighted by Gasteiger charge is 2.30. The molecule has 0 saturated heterocycles. The molecular weight excluding hydrogens is 370 g/mol. The summed E-state index contributed by atoms with van der Waals surface area (Å²) < 4.78 is 0. The van der Waals surface area contributed by atoms with Crippen LogP contribution < -0.4 is 10.6 Å². The summed E-state index contributed by atoms with van der Waals surface area (Å²) >= 11 is 6.23. The van der Waals surface area contributed by atoms with Crippen molar-refractivity contribution in [3.63, 3.8) is 0 Å². The van der Waals surface area contributed by atoms with Crippen LogP contribution in [0, 0.1) is 5.92 Å². The number of aromatic amines is 1. The maximum absolute atomic E-state index is 13.0. The van der Waals surface area contributed by atoms with Gasteiger partial charge in [-0.3, -0.25) is 10.1 Å². The maximum Gasteiger partial charge on any atom is 0.237 e. The molecule has 2 aromatic carbocycles. The minimum absolute atomic E-state index is 0.0100. The number of H-pyrrole nitrogens is 1. The van der Waals surface area contributed by atoms with E-state index in [1.54, 1.807) is 0 Å². The van der Waals surface area contributed by atoms with E-state index in [-0.39, 0.29) is 18.0 Å². The molecule has 1 aliphatic heterocycles. The van der Waals surface area contributed by atoms with E-state index in [0.29, 0.717) is 23.9 Å². The summed E-state index contributed by atoms with van der Waals surface area (Å²) in [5.74, 6) is 0.538. The molecule has 0 bridgehead atoms. The van der Waals surface area contributed by atoms with Gasteiger partial charge in [0.25, 0.3) is 0 Å². The Morgan fingerprint density at radius 1 is 1.21 bits per heavy atom. The first kappa shape index (κ1) is 19.0. The zero-order chi connectivity index (χ0) is 19.7. The molecule has 3 N–H and O–H groups in total. The van der Waals surface area contributed by atoms with Crippen LogP contribution in [0.1, 0.15) is 43.0 Å². The van der Waals surface area contributed by atoms with Crippen molar-refractivity contribution in [3.05, 3.63) is 70.4 Å². The summed E-state index contributed by atoms with van der Waals surface area (Å²) in [6.45, 7) is 4.87. The molecule has 1 aliphatic rings. The summed E-state index contributed by atoms with van der Waals surface area (Å²) in [4.78, 5) is 16.4. The number of aromatic nitrogens is 1. The van der Waals surface area contributed by atoms with Crippen LogP contribution in [0.5, 0.6) is 0 Å². The normalized spacial score (nSPS) is 19.0. The molecule has 0 unspecified atom stereocenters. The second-order valence-corrected chi connectivity index (χ2v) is 8.41. The number of hydrogen-bond donors (Lipinski definition) is 3. The minimum atomic E-state index is -0.280. The summed E-state index contributed by atoms with van der Waals surface area (Å²) in [6.07, 6.45) is 3.69. The Morgan fingerprint density at radius 3 is 2.82 bits per heavy atom. The average Bonchev–Trinajstić information content (AvgIpc) is 3.01. The number of amides is 1. The highest BCUT2D eigenvalue weighted by Crippen LogP contribution is 2.34. The minimum Gasteiger partial charge on any atom is -0.361 e. The van der Waals surface area contributed by atoms with Gasteiger partial charge in [0.15, 0.2) is 0 Å². The second-order valence-electron chi connectivity index (χ2n) is 8.00. The summed E-state index contributed by atoms with van der Waals surface area (Å²) in [5.41, 5.74) is 4.54. The van der Waals surface area contributed by atoms with E-state index in [4.69, 9.17) is 11.6 Å². The van der Waals surface area contributed by atoms with E-state index in [0.717, 1.165) is 17.5 Å². The molecule has 1 aromatic heterocycles. The molecule has 1 amide bonds. The smallest absolute Gasteiger partial charge is 0.237 e. The van der Waals surface area contributed by atoms with Crippen LogP contribution in [0.25, 0.3) is 10.9 Å². The lowest BCUT2D eigenvalue weighted by atomic mass is 9.94. The fourth-order valence-corrected chi connectivity index (χ4v) is 4.33. The lowest BCUT2D eigenvalue weighted by Crippen LogP contribution is -2.46. The zero-order valence-corrected chi connectivity index (χ0v) is 17.0. The third-order valence-electron chi connectivity index (χ3n) is 5.46. The predicted octanol–water partition coefficient (Wildman–Crippen LogP) is 4.74. The molecule has 5 heteroatoms. The number of carbonyl (C=O) groups is 1. The Morgan fingerprint density at radius 2 is 2.04 bits per heavy atom. The van der Waals surface area contributed by atoms with Crippen molar-refractivity contribution in [1.29, 1.82) is 0 Å². The van der Waals surface area contributed by atoms with Gasteiger partial charge in [-0.1, -0.05) is 55.8 Å². The van der Waals surface area contributed by atoms with Crippen molar-refractivity contribution < 1.29 is 4.79 Å². The molecule has 2 heterocycles. The summed E-state index contributed by atoms with van der Waals surface area (Å²) in [7, 11) is 0. The van der Waals surface area contributed by atoms with E-state index in [1.165, 1.54) is 16.5 Å². The zero-order valence-electron chi connectivity index (χ0n) is 16.3. The van der Waals surface area contributed by atoms with Crippen molar-refractivity contribution >= 4 is 28.4 Å². The van der Waals surface area contributed by atoms with Crippen molar-refractivity contribution in [2.45, 2.75) is 45.3 Å². The van der Waals surface area contributed by atoms with Crippen molar-refractivity contribution in [1.82, 2.24) is 15.6 Å². The number of halogens is 1. The van der Waals surface area contributed by atoms with Gasteiger partial charge in [0.2, 0.25) is 5.91 Å². The number of hydrogen-bond acceptors (Lipinski definition) is 2.